The predicted octanol–water partition coefficient (Wildman–Crippen LogP) is 13.1. The fraction of sp³-hybridized carbons (Fsp3) is 0.100. The molecule has 3 aromatic heterocycles. The molecule has 0 saturated heterocycles. The summed E-state index contributed by atoms with van der Waals surface area (Å²) in [4.78, 5) is 8.39. The van der Waals surface area contributed by atoms with E-state index in [4.69, 9.17) is 4.98 Å². The Morgan fingerprint density at radius 2 is 1.15 bits per heavy atom. The number of hydrogen-bond donors (Lipinski definition) is 0. The molecule has 5 nitrogen and oxygen atoms in total. The second-order valence-corrected chi connectivity index (χ2v) is 18.5. The molecule has 67 heavy (non-hydrogen) atoms. The minimum absolute atomic E-state index is 0. The third kappa shape index (κ3) is 6.88. The van der Waals surface area contributed by atoms with E-state index in [-0.39, 0.29) is 26.5 Å². The van der Waals surface area contributed by atoms with Crippen molar-refractivity contribution in [2.24, 2.45) is 0 Å². The predicted molar refractivity (Wildman–Crippen MR) is 272 cm³/mol. The van der Waals surface area contributed by atoms with Crippen molar-refractivity contribution in [3.05, 3.63) is 223 Å². The molecule has 326 valence electrons. The molecule has 12 rings (SSSR count). The summed E-state index contributed by atoms with van der Waals surface area (Å²) < 4.78 is 6.87. The van der Waals surface area contributed by atoms with E-state index >= 15 is 0 Å². The van der Waals surface area contributed by atoms with E-state index in [0.29, 0.717) is 0 Å². The summed E-state index contributed by atoms with van der Waals surface area (Å²) in [6, 6.07) is 74.9. The van der Waals surface area contributed by atoms with E-state index in [1.54, 1.807) is 0 Å². The van der Waals surface area contributed by atoms with Gasteiger partial charge in [-0.15, -0.1) is 5.39 Å². The molecule has 0 radical (unpaired) electrons. The number of fused-ring (bicyclic) bond motifs is 9. The van der Waals surface area contributed by atoms with Gasteiger partial charge in [-0.1, -0.05) is 159 Å². The monoisotopic (exact) mass is 1040 g/mol. The Hall–Kier alpha value is -7.27. The van der Waals surface area contributed by atoms with Gasteiger partial charge in [-0.3, -0.25) is 0 Å². The van der Waals surface area contributed by atoms with Crippen molar-refractivity contribution in [2.45, 2.75) is 40.0 Å². The number of para-hydroxylation sites is 5. The average molecular weight is 1040 g/mol. The standard InChI is InChI=1S/C60H46BN5.Pt/c1-40-21-19-22-41(2)58(40)66(57-38-42(60(3,4)5)37-56(62-57)65-53-34-17-14-30-49(53)50-31-15-18-35-54(50)65)61-52-33-16-13-29-48(52)46-27-11-9-25-44(46)45-26-10-12-28-47(45)51-32-20-36-55-59(51)64(61)39-63(55)43-23-7-6-8-24-43;/h6-23,25-34,36-38H,1-5H3;/q-2;. The molecule has 0 fully saturated rings. The van der Waals surface area contributed by atoms with Crippen LogP contribution in [0.2, 0.25) is 0 Å². The zero-order valence-electron chi connectivity index (χ0n) is 38.0. The number of nitrogens with zero attached hydrogens (tertiary/aromatic N) is 5. The Bertz CT molecular complexity index is 3620. The van der Waals surface area contributed by atoms with Gasteiger partial charge in [-0.25, -0.2) is 4.98 Å². The molecule has 0 aliphatic carbocycles. The third-order valence-corrected chi connectivity index (χ3v) is 13.4. The Morgan fingerprint density at radius 3 is 1.87 bits per heavy atom. The van der Waals surface area contributed by atoms with Gasteiger partial charge in [0.15, 0.2) is 0 Å². The fourth-order valence-electron chi connectivity index (χ4n) is 10.3. The first-order valence-electron chi connectivity index (χ1n) is 22.8. The number of anilines is 2. The molecule has 0 N–H and O–H groups in total. The second-order valence-electron chi connectivity index (χ2n) is 18.5. The van der Waals surface area contributed by atoms with Gasteiger partial charge in [-0.05, 0) is 92.9 Å². The van der Waals surface area contributed by atoms with Crippen LogP contribution in [0.25, 0.3) is 77.7 Å². The van der Waals surface area contributed by atoms with Gasteiger partial charge in [-0.2, -0.15) is 54.6 Å². The van der Waals surface area contributed by atoms with Crippen LogP contribution in [0.4, 0.5) is 11.5 Å². The quantitative estimate of drug-likeness (QED) is 0.127. The summed E-state index contributed by atoms with van der Waals surface area (Å²) in [6.45, 7) is 10.8. The van der Waals surface area contributed by atoms with Crippen LogP contribution in [0, 0.1) is 32.3 Å². The topological polar surface area (TPSA) is 29.9 Å². The van der Waals surface area contributed by atoms with Crippen molar-refractivity contribution in [2.75, 3.05) is 4.81 Å². The third-order valence-electron chi connectivity index (χ3n) is 13.4. The number of aryl methyl sites for hydroxylation is 2. The molecule has 0 saturated carbocycles. The van der Waals surface area contributed by atoms with Crippen molar-refractivity contribution in [1.82, 2.24) is 14.1 Å². The Morgan fingerprint density at radius 1 is 0.567 bits per heavy atom. The molecule has 0 amide bonds. The van der Waals surface area contributed by atoms with Crippen LogP contribution in [0.15, 0.2) is 188 Å². The van der Waals surface area contributed by atoms with E-state index < -0.39 is 6.98 Å². The molecule has 4 heterocycles. The summed E-state index contributed by atoms with van der Waals surface area (Å²) >= 11 is 0. The number of aromatic nitrogens is 4. The van der Waals surface area contributed by atoms with Crippen LogP contribution >= 0.6 is 0 Å². The number of benzene rings is 8. The molecule has 1 aliphatic heterocycles. The van der Waals surface area contributed by atoms with E-state index in [1.807, 2.05) is 18.2 Å². The maximum absolute atomic E-state index is 5.89. The molecular formula is C60H46BN5Pt-2. The second kappa shape index (κ2) is 16.6. The zero-order chi connectivity index (χ0) is 44.7. The van der Waals surface area contributed by atoms with Gasteiger partial charge >= 0.3 is 6.98 Å². The van der Waals surface area contributed by atoms with Gasteiger partial charge in [0.05, 0.1) is 11.0 Å². The van der Waals surface area contributed by atoms with E-state index in [1.165, 1.54) is 22.1 Å². The van der Waals surface area contributed by atoms with E-state index in [0.717, 1.165) is 89.3 Å². The zero-order valence-corrected chi connectivity index (χ0v) is 40.3. The summed E-state index contributed by atoms with van der Waals surface area (Å²) in [5, 5.41) is 2.32. The van der Waals surface area contributed by atoms with Crippen molar-refractivity contribution < 1.29 is 25.5 Å². The number of hydrogen-bond acceptors (Lipinski definition) is 2. The summed E-state index contributed by atoms with van der Waals surface area (Å²) in [5.41, 5.74) is 17.5. The Labute approximate surface area is 407 Å². The summed E-state index contributed by atoms with van der Waals surface area (Å²) in [6.07, 6.45) is 4.03. The van der Waals surface area contributed by atoms with Gasteiger partial charge in [0.2, 0.25) is 6.33 Å². The van der Waals surface area contributed by atoms with Crippen molar-refractivity contribution in [1.29, 1.82) is 0 Å². The van der Waals surface area contributed by atoms with Crippen LogP contribution in [-0.2, 0) is 26.5 Å². The maximum Gasteiger partial charge on any atom is 0.525 e. The smallest absolute Gasteiger partial charge is 0.354 e. The largest absolute Gasteiger partial charge is 0.525 e. The SMILES string of the molecule is Cc1cccc(C)c1N(B1c2ccccc2-c2ccccc2-c2ccccc2-c2cccc3c2[n+]1[c-]n3-c1[c-]cccc1)c1cc(C(C)(C)C)cc(-n2c3[c-]cccc3c3ccccc32)n1.[Pt]. The van der Waals surface area contributed by atoms with Crippen LogP contribution in [0.5, 0.6) is 0 Å². The number of imidazole rings is 1. The molecule has 7 heteroatoms. The molecule has 11 aromatic rings. The minimum atomic E-state index is -0.506. The van der Waals surface area contributed by atoms with E-state index in [2.05, 4.69) is 241 Å². The first-order chi connectivity index (χ1) is 32.2. The van der Waals surface area contributed by atoms with Gasteiger partial charge in [0, 0.05) is 37.7 Å². The van der Waals surface area contributed by atoms with Crippen LogP contribution in [-0.4, -0.2) is 21.1 Å². The Balaban J connectivity index is 0.00000494. The number of pyridine rings is 1. The van der Waals surface area contributed by atoms with Crippen LogP contribution in [0.1, 0.15) is 37.5 Å². The van der Waals surface area contributed by atoms with Crippen LogP contribution < -0.4 is 14.8 Å². The fourth-order valence-corrected chi connectivity index (χ4v) is 10.3. The Kier molecular flexibility index (Phi) is 10.5. The van der Waals surface area contributed by atoms with Gasteiger partial charge in [0.1, 0.15) is 11.6 Å². The molecular weight excluding hydrogens is 997 g/mol. The molecule has 8 aromatic carbocycles. The first-order valence-corrected chi connectivity index (χ1v) is 22.8. The van der Waals surface area contributed by atoms with Gasteiger partial charge in [0.25, 0.3) is 0 Å². The van der Waals surface area contributed by atoms with Crippen molar-refractivity contribution in [3.63, 3.8) is 0 Å². The normalized spacial score (nSPS) is 12.1. The summed E-state index contributed by atoms with van der Waals surface area (Å²) in [7, 11) is 0. The van der Waals surface area contributed by atoms with Crippen LogP contribution in [0.3, 0.4) is 0 Å². The maximum atomic E-state index is 5.89. The van der Waals surface area contributed by atoms with Crippen molar-refractivity contribution in [3.8, 4) is 44.9 Å². The first kappa shape index (κ1) is 42.4. The minimum Gasteiger partial charge on any atom is -0.354 e. The molecule has 0 atom stereocenters. The number of rotatable bonds is 5. The molecule has 0 unspecified atom stereocenters. The molecule has 1 aliphatic rings. The van der Waals surface area contributed by atoms with Gasteiger partial charge < -0.3 is 18.4 Å². The van der Waals surface area contributed by atoms with Crippen molar-refractivity contribution >= 4 is 56.8 Å². The van der Waals surface area contributed by atoms with E-state index in [9.17, 15) is 0 Å². The average Bonchev–Trinajstić information content (AvgIpc) is 3.90. The summed E-state index contributed by atoms with van der Waals surface area (Å²) in [5.74, 6) is 1.67. The molecule has 0 spiro atoms. The molecule has 0 bridgehead atoms.